The van der Waals surface area contributed by atoms with E-state index in [2.05, 4.69) is 10.3 Å². The molecule has 1 aromatic carbocycles. The number of benzene rings is 1. The van der Waals surface area contributed by atoms with Crippen molar-refractivity contribution in [2.24, 2.45) is 0 Å². The molecule has 1 N–H and O–H groups in total. The van der Waals surface area contributed by atoms with Gasteiger partial charge in [0.25, 0.3) is 0 Å². The van der Waals surface area contributed by atoms with Crippen LogP contribution in [-0.2, 0) is 16.4 Å². The Kier molecular flexibility index (Phi) is 4.04. The van der Waals surface area contributed by atoms with E-state index < -0.39 is 23.2 Å². The zero-order valence-electron chi connectivity index (χ0n) is 11.4. The second-order valence-corrected chi connectivity index (χ2v) is 5.84. The molecule has 7 heteroatoms. The van der Waals surface area contributed by atoms with Crippen LogP contribution >= 0.6 is 11.3 Å². The smallest absolute Gasteiger partial charge is 0.301 e. The van der Waals surface area contributed by atoms with Gasteiger partial charge >= 0.3 is 6.18 Å². The molecule has 0 bridgehead atoms. The Labute approximate surface area is 123 Å². The van der Waals surface area contributed by atoms with Crippen LogP contribution in [0.15, 0.2) is 35.7 Å². The molecule has 112 valence electrons. The standard InChI is InChI=1S/C14H13F3N2OS/c1-13(2,9-6-4-3-5-7-9)11(20)19-12-18-10(8-21-12)14(15,16)17/h3-8H,1-2H3,(H,18,19,20). The maximum Gasteiger partial charge on any atom is 0.434 e. The van der Waals surface area contributed by atoms with Gasteiger partial charge in [-0.05, 0) is 19.4 Å². The highest BCUT2D eigenvalue weighted by atomic mass is 32.1. The van der Waals surface area contributed by atoms with Crippen molar-refractivity contribution in [2.45, 2.75) is 25.4 Å². The number of alkyl halides is 3. The summed E-state index contributed by atoms with van der Waals surface area (Å²) in [6.07, 6.45) is -4.51. The summed E-state index contributed by atoms with van der Waals surface area (Å²) in [7, 11) is 0. The van der Waals surface area contributed by atoms with Gasteiger partial charge in [0.05, 0.1) is 5.41 Å². The van der Waals surface area contributed by atoms with Crippen LogP contribution in [0.2, 0.25) is 0 Å². The first-order chi connectivity index (χ1) is 9.71. The molecule has 0 saturated heterocycles. The third-order valence-corrected chi connectivity index (χ3v) is 3.84. The number of hydrogen-bond donors (Lipinski definition) is 1. The van der Waals surface area contributed by atoms with E-state index in [1.807, 2.05) is 6.07 Å². The fourth-order valence-corrected chi connectivity index (χ4v) is 2.41. The molecule has 0 aliphatic rings. The lowest BCUT2D eigenvalue weighted by molar-refractivity contribution is -0.140. The summed E-state index contributed by atoms with van der Waals surface area (Å²) in [5, 5.41) is 3.26. The molecule has 0 radical (unpaired) electrons. The minimum atomic E-state index is -4.51. The van der Waals surface area contributed by atoms with E-state index >= 15 is 0 Å². The van der Waals surface area contributed by atoms with Crippen LogP contribution in [0.25, 0.3) is 0 Å². The normalized spacial score (nSPS) is 12.2. The fraction of sp³-hybridized carbons (Fsp3) is 0.286. The number of rotatable bonds is 3. The number of thiazole rings is 1. The molecule has 2 rings (SSSR count). The van der Waals surface area contributed by atoms with Crippen LogP contribution in [0.3, 0.4) is 0 Å². The largest absolute Gasteiger partial charge is 0.434 e. The molecular formula is C14H13F3N2OS. The lowest BCUT2D eigenvalue weighted by atomic mass is 9.84. The average Bonchev–Trinajstić information content (AvgIpc) is 2.88. The molecule has 0 fully saturated rings. The van der Waals surface area contributed by atoms with E-state index in [4.69, 9.17) is 0 Å². The monoisotopic (exact) mass is 314 g/mol. The molecule has 3 nitrogen and oxygen atoms in total. The first-order valence-corrected chi connectivity index (χ1v) is 6.99. The van der Waals surface area contributed by atoms with Crippen LogP contribution in [0.5, 0.6) is 0 Å². The van der Waals surface area contributed by atoms with E-state index in [0.717, 1.165) is 22.3 Å². The molecule has 21 heavy (non-hydrogen) atoms. The number of carbonyl (C=O) groups excluding carboxylic acids is 1. The lowest BCUT2D eigenvalue weighted by Crippen LogP contribution is -2.34. The maximum absolute atomic E-state index is 12.5. The summed E-state index contributed by atoms with van der Waals surface area (Å²) in [4.78, 5) is 15.7. The highest BCUT2D eigenvalue weighted by molar-refractivity contribution is 7.13. The third kappa shape index (κ3) is 3.41. The van der Waals surface area contributed by atoms with E-state index in [-0.39, 0.29) is 5.13 Å². The molecule has 0 spiro atoms. The summed E-state index contributed by atoms with van der Waals surface area (Å²) in [6.45, 7) is 3.41. The first-order valence-electron chi connectivity index (χ1n) is 6.11. The van der Waals surface area contributed by atoms with E-state index in [0.29, 0.717) is 0 Å². The van der Waals surface area contributed by atoms with Gasteiger partial charge in [0.15, 0.2) is 10.8 Å². The average molecular weight is 314 g/mol. The lowest BCUT2D eigenvalue weighted by Gasteiger charge is -2.23. The molecule has 1 aromatic heterocycles. The molecule has 0 unspecified atom stereocenters. The maximum atomic E-state index is 12.5. The Morgan fingerprint density at radius 1 is 1.19 bits per heavy atom. The highest BCUT2D eigenvalue weighted by Gasteiger charge is 2.35. The second kappa shape index (κ2) is 5.48. The number of anilines is 1. The fourth-order valence-electron chi connectivity index (χ4n) is 1.70. The molecule has 0 saturated carbocycles. The Hall–Kier alpha value is -1.89. The molecule has 1 amide bonds. The number of halogens is 3. The van der Waals surface area contributed by atoms with Crippen LogP contribution in [0, 0.1) is 0 Å². The van der Waals surface area contributed by atoms with Crippen LogP contribution in [-0.4, -0.2) is 10.9 Å². The Morgan fingerprint density at radius 3 is 2.33 bits per heavy atom. The van der Waals surface area contributed by atoms with Gasteiger partial charge in [-0.15, -0.1) is 11.3 Å². The summed E-state index contributed by atoms with van der Waals surface area (Å²) >= 11 is 0.753. The van der Waals surface area contributed by atoms with Crippen molar-refractivity contribution in [1.29, 1.82) is 0 Å². The topological polar surface area (TPSA) is 42.0 Å². The van der Waals surface area contributed by atoms with E-state index in [1.54, 1.807) is 38.1 Å². The Bertz CT molecular complexity index is 635. The van der Waals surface area contributed by atoms with Crippen LogP contribution in [0.4, 0.5) is 18.3 Å². The predicted molar refractivity (Wildman–Crippen MR) is 75.2 cm³/mol. The predicted octanol–water partition coefficient (Wildman–Crippen LogP) is 4.08. The van der Waals surface area contributed by atoms with Gasteiger partial charge in [-0.1, -0.05) is 30.3 Å². The quantitative estimate of drug-likeness (QED) is 0.927. The molecule has 0 atom stereocenters. The number of amides is 1. The van der Waals surface area contributed by atoms with Crippen molar-refractivity contribution in [3.05, 3.63) is 47.0 Å². The number of hydrogen-bond acceptors (Lipinski definition) is 3. The van der Waals surface area contributed by atoms with Gasteiger partial charge in [-0.25, -0.2) is 4.98 Å². The first kappa shape index (κ1) is 15.5. The minimum Gasteiger partial charge on any atom is -0.301 e. The number of aromatic nitrogens is 1. The van der Waals surface area contributed by atoms with Crippen molar-refractivity contribution in [1.82, 2.24) is 4.98 Å². The van der Waals surface area contributed by atoms with Gasteiger partial charge in [0.2, 0.25) is 5.91 Å². The summed E-state index contributed by atoms with van der Waals surface area (Å²) in [5.41, 5.74) is -1.10. The summed E-state index contributed by atoms with van der Waals surface area (Å²) < 4.78 is 37.4. The summed E-state index contributed by atoms with van der Waals surface area (Å²) in [5.74, 6) is -0.406. The molecule has 0 aliphatic carbocycles. The van der Waals surface area contributed by atoms with Gasteiger partial charge in [0.1, 0.15) is 0 Å². The van der Waals surface area contributed by atoms with Crippen molar-refractivity contribution >= 4 is 22.4 Å². The minimum absolute atomic E-state index is 0.0590. The molecule has 0 aliphatic heterocycles. The van der Waals surface area contributed by atoms with Crippen molar-refractivity contribution in [3.8, 4) is 0 Å². The van der Waals surface area contributed by atoms with Crippen molar-refractivity contribution < 1.29 is 18.0 Å². The number of nitrogens with zero attached hydrogens (tertiary/aromatic N) is 1. The Morgan fingerprint density at radius 2 is 1.81 bits per heavy atom. The van der Waals surface area contributed by atoms with Gasteiger partial charge < -0.3 is 5.32 Å². The van der Waals surface area contributed by atoms with Crippen LogP contribution < -0.4 is 5.32 Å². The Balaban J connectivity index is 2.16. The molecule has 2 aromatic rings. The number of nitrogens with one attached hydrogen (secondary N) is 1. The second-order valence-electron chi connectivity index (χ2n) is 4.98. The molecule has 1 heterocycles. The zero-order valence-corrected chi connectivity index (χ0v) is 12.2. The SMILES string of the molecule is CC(C)(C(=O)Nc1nc(C(F)(F)F)cs1)c1ccccc1. The third-order valence-electron chi connectivity index (χ3n) is 3.08. The van der Waals surface area contributed by atoms with Gasteiger partial charge in [-0.2, -0.15) is 13.2 Å². The zero-order chi connectivity index (χ0) is 15.7. The van der Waals surface area contributed by atoms with E-state index in [9.17, 15) is 18.0 Å². The summed E-state index contributed by atoms with van der Waals surface area (Å²) in [6, 6.07) is 9.02. The highest BCUT2D eigenvalue weighted by Crippen LogP contribution is 2.32. The van der Waals surface area contributed by atoms with Crippen molar-refractivity contribution in [3.63, 3.8) is 0 Å². The number of carbonyl (C=O) groups is 1. The van der Waals surface area contributed by atoms with Crippen LogP contribution in [0.1, 0.15) is 25.1 Å². The van der Waals surface area contributed by atoms with Gasteiger partial charge in [0, 0.05) is 5.38 Å². The van der Waals surface area contributed by atoms with Gasteiger partial charge in [-0.3, -0.25) is 4.79 Å². The van der Waals surface area contributed by atoms with Crippen molar-refractivity contribution in [2.75, 3.05) is 5.32 Å². The molecular weight excluding hydrogens is 301 g/mol. The van der Waals surface area contributed by atoms with E-state index in [1.165, 1.54) is 0 Å².